The molecule has 2 aromatic rings. The van der Waals surface area contributed by atoms with E-state index in [1.54, 1.807) is 14.2 Å². The minimum atomic E-state index is -0.444. The fourth-order valence-electron chi connectivity index (χ4n) is 3.67. The number of rotatable bonds is 6. The number of hydrogen-bond donors (Lipinski definition) is 1. The van der Waals surface area contributed by atoms with E-state index in [1.807, 2.05) is 25.1 Å². The third kappa shape index (κ3) is 4.23. The number of methoxy groups -OCH3 is 2. The highest BCUT2D eigenvalue weighted by Gasteiger charge is 2.34. The van der Waals surface area contributed by atoms with Gasteiger partial charge < -0.3 is 14.8 Å². The molecule has 1 N–H and O–H groups in total. The number of halogens is 2. The third-order valence-corrected chi connectivity index (χ3v) is 5.47. The van der Waals surface area contributed by atoms with Gasteiger partial charge in [0.15, 0.2) is 0 Å². The highest BCUT2D eigenvalue weighted by molar-refractivity contribution is 6.33. The molecule has 0 aliphatic carbocycles. The average molecular weight is 407 g/mol. The molecule has 1 aliphatic rings. The number of hydrogen-bond acceptors (Lipinski definition) is 4. The van der Waals surface area contributed by atoms with Crippen LogP contribution in [0.3, 0.4) is 0 Å². The SMILES string of the molecule is COc1ccc(OC)c([C@H]2CCCN2[C@@H](C)C(=O)Nc2ccc(F)cc2Cl)c1. The van der Waals surface area contributed by atoms with Gasteiger partial charge in [-0.25, -0.2) is 4.39 Å². The molecular weight excluding hydrogens is 383 g/mol. The number of carbonyl (C=O) groups excluding carboxylic acids is 1. The zero-order chi connectivity index (χ0) is 20.3. The molecule has 1 fully saturated rings. The van der Waals surface area contributed by atoms with E-state index in [-0.39, 0.29) is 17.0 Å². The molecule has 7 heteroatoms. The van der Waals surface area contributed by atoms with Gasteiger partial charge in [0.25, 0.3) is 0 Å². The number of nitrogens with zero attached hydrogens (tertiary/aromatic N) is 1. The fourth-order valence-corrected chi connectivity index (χ4v) is 3.88. The number of nitrogens with one attached hydrogen (secondary N) is 1. The van der Waals surface area contributed by atoms with Gasteiger partial charge in [0, 0.05) is 11.6 Å². The van der Waals surface area contributed by atoms with Crippen molar-refractivity contribution in [2.45, 2.75) is 31.8 Å². The average Bonchev–Trinajstić information content (AvgIpc) is 3.18. The van der Waals surface area contributed by atoms with Crippen LogP contribution in [0, 0.1) is 5.82 Å². The summed E-state index contributed by atoms with van der Waals surface area (Å²) in [5.41, 5.74) is 1.40. The summed E-state index contributed by atoms with van der Waals surface area (Å²) < 4.78 is 24.1. The second kappa shape index (κ2) is 8.80. The van der Waals surface area contributed by atoms with Crippen molar-refractivity contribution in [2.75, 3.05) is 26.1 Å². The van der Waals surface area contributed by atoms with Gasteiger partial charge in [-0.2, -0.15) is 0 Å². The standard InChI is InChI=1S/C21H24ClFN2O3/c1-13(21(26)24-18-8-6-14(23)11-17(18)22)25-10-4-5-19(25)16-12-15(27-2)7-9-20(16)28-3/h6-9,11-13,19H,4-5,10H2,1-3H3,(H,24,26)/t13-,19+/m0/s1. The smallest absolute Gasteiger partial charge is 0.241 e. The van der Waals surface area contributed by atoms with Crippen molar-refractivity contribution in [3.8, 4) is 11.5 Å². The number of amides is 1. The van der Waals surface area contributed by atoms with E-state index in [4.69, 9.17) is 21.1 Å². The van der Waals surface area contributed by atoms with Crippen LogP contribution in [0.25, 0.3) is 0 Å². The summed E-state index contributed by atoms with van der Waals surface area (Å²) in [4.78, 5) is 15.0. The first-order valence-electron chi connectivity index (χ1n) is 9.18. The Kier molecular flexibility index (Phi) is 6.42. The Balaban J connectivity index is 1.81. The summed E-state index contributed by atoms with van der Waals surface area (Å²) in [6, 6.07) is 9.26. The van der Waals surface area contributed by atoms with Crippen LogP contribution < -0.4 is 14.8 Å². The Morgan fingerprint density at radius 3 is 2.71 bits per heavy atom. The summed E-state index contributed by atoms with van der Waals surface area (Å²) in [5, 5.41) is 2.98. The lowest BCUT2D eigenvalue weighted by atomic mass is 10.0. The van der Waals surface area contributed by atoms with E-state index in [9.17, 15) is 9.18 Å². The normalized spacial score (nSPS) is 18.0. The summed E-state index contributed by atoms with van der Waals surface area (Å²) >= 11 is 6.04. The van der Waals surface area contributed by atoms with Crippen molar-refractivity contribution >= 4 is 23.2 Å². The number of carbonyl (C=O) groups is 1. The molecule has 1 saturated heterocycles. The minimum Gasteiger partial charge on any atom is -0.497 e. The van der Waals surface area contributed by atoms with Crippen molar-refractivity contribution in [1.29, 1.82) is 0 Å². The van der Waals surface area contributed by atoms with Crippen LogP contribution >= 0.6 is 11.6 Å². The van der Waals surface area contributed by atoms with Gasteiger partial charge >= 0.3 is 0 Å². The minimum absolute atomic E-state index is 0.0366. The molecular formula is C21H24ClFN2O3. The van der Waals surface area contributed by atoms with E-state index >= 15 is 0 Å². The van der Waals surface area contributed by atoms with Gasteiger partial charge in [0.2, 0.25) is 5.91 Å². The molecule has 1 aliphatic heterocycles. The van der Waals surface area contributed by atoms with Gasteiger partial charge in [0.1, 0.15) is 17.3 Å². The lowest BCUT2D eigenvalue weighted by Gasteiger charge is -2.31. The molecule has 0 bridgehead atoms. The molecule has 28 heavy (non-hydrogen) atoms. The lowest BCUT2D eigenvalue weighted by Crippen LogP contribution is -2.41. The van der Waals surface area contributed by atoms with Crippen molar-refractivity contribution in [3.63, 3.8) is 0 Å². The van der Waals surface area contributed by atoms with Crippen molar-refractivity contribution < 1.29 is 18.7 Å². The summed E-state index contributed by atoms with van der Waals surface area (Å²) in [6.45, 7) is 2.65. The largest absolute Gasteiger partial charge is 0.497 e. The van der Waals surface area contributed by atoms with Crippen LogP contribution in [0.2, 0.25) is 5.02 Å². The molecule has 2 aromatic carbocycles. The van der Waals surface area contributed by atoms with Gasteiger partial charge in [-0.1, -0.05) is 11.6 Å². The molecule has 150 valence electrons. The van der Waals surface area contributed by atoms with Crippen LogP contribution in [0.4, 0.5) is 10.1 Å². The third-order valence-electron chi connectivity index (χ3n) is 5.16. The van der Waals surface area contributed by atoms with Crippen LogP contribution in [-0.2, 0) is 4.79 Å². The van der Waals surface area contributed by atoms with E-state index in [0.717, 1.165) is 36.4 Å². The molecule has 1 amide bonds. The van der Waals surface area contributed by atoms with E-state index in [1.165, 1.54) is 18.2 Å². The Morgan fingerprint density at radius 2 is 2.04 bits per heavy atom. The highest BCUT2D eigenvalue weighted by atomic mass is 35.5. The molecule has 1 heterocycles. The first-order chi connectivity index (χ1) is 13.4. The first kappa shape index (κ1) is 20.4. The Bertz CT molecular complexity index is 862. The quantitative estimate of drug-likeness (QED) is 0.758. The fraction of sp³-hybridized carbons (Fsp3) is 0.381. The van der Waals surface area contributed by atoms with Crippen molar-refractivity contribution in [3.05, 3.63) is 52.8 Å². The monoisotopic (exact) mass is 406 g/mol. The first-order valence-corrected chi connectivity index (χ1v) is 9.56. The predicted molar refractivity (Wildman–Crippen MR) is 108 cm³/mol. The summed E-state index contributed by atoms with van der Waals surface area (Å²) in [6.07, 6.45) is 1.89. The van der Waals surface area contributed by atoms with Gasteiger partial charge in [-0.05, 0) is 62.7 Å². The van der Waals surface area contributed by atoms with Crippen molar-refractivity contribution in [2.24, 2.45) is 0 Å². The highest BCUT2D eigenvalue weighted by Crippen LogP contribution is 2.40. The predicted octanol–water partition coefficient (Wildman–Crippen LogP) is 4.66. The molecule has 0 radical (unpaired) electrons. The van der Waals surface area contributed by atoms with Crippen molar-refractivity contribution in [1.82, 2.24) is 4.90 Å². The van der Waals surface area contributed by atoms with E-state index < -0.39 is 11.9 Å². The van der Waals surface area contributed by atoms with E-state index in [2.05, 4.69) is 10.2 Å². The molecule has 0 aromatic heterocycles. The van der Waals surface area contributed by atoms with Crippen LogP contribution in [0.1, 0.15) is 31.4 Å². The van der Waals surface area contributed by atoms with Crippen LogP contribution in [0.5, 0.6) is 11.5 Å². The second-order valence-corrected chi connectivity index (χ2v) is 7.20. The Hall–Kier alpha value is -2.31. The number of benzene rings is 2. The molecule has 5 nitrogen and oxygen atoms in total. The van der Waals surface area contributed by atoms with Gasteiger partial charge in [-0.15, -0.1) is 0 Å². The molecule has 3 rings (SSSR count). The molecule has 0 saturated carbocycles. The van der Waals surface area contributed by atoms with Crippen LogP contribution in [0.15, 0.2) is 36.4 Å². The topological polar surface area (TPSA) is 50.8 Å². The Labute approximate surface area is 169 Å². The number of anilines is 1. The maximum atomic E-state index is 13.2. The maximum absolute atomic E-state index is 13.2. The van der Waals surface area contributed by atoms with Gasteiger partial charge in [0.05, 0.1) is 31.0 Å². The molecule has 2 atom stereocenters. The zero-order valence-electron chi connectivity index (χ0n) is 16.2. The maximum Gasteiger partial charge on any atom is 0.241 e. The number of ether oxygens (including phenoxy) is 2. The number of likely N-dealkylation sites (tertiary alicyclic amines) is 1. The second-order valence-electron chi connectivity index (χ2n) is 6.79. The van der Waals surface area contributed by atoms with E-state index in [0.29, 0.717) is 5.69 Å². The van der Waals surface area contributed by atoms with Crippen LogP contribution in [-0.4, -0.2) is 37.6 Å². The zero-order valence-corrected chi connectivity index (χ0v) is 16.9. The van der Waals surface area contributed by atoms with Gasteiger partial charge in [-0.3, -0.25) is 9.69 Å². The lowest BCUT2D eigenvalue weighted by molar-refractivity contribution is -0.121. The molecule has 0 spiro atoms. The Morgan fingerprint density at radius 1 is 1.25 bits per heavy atom. The summed E-state index contributed by atoms with van der Waals surface area (Å²) in [7, 11) is 3.26. The summed E-state index contributed by atoms with van der Waals surface area (Å²) in [5.74, 6) is 0.882. The molecule has 0 unspecified atom stereocenters.